The fourth-order valence-electron chi connectivity index (χ4n) is 1.50. The lowest BCUT2D eigenvalue weighted by Gasteiger charge is -2.22. The molecule has 0 bridgehead atoms. The number of terminal acetylenes is 1. The number of carboxylic acid groups (broad SMARTS) is 1. The molecule has 0 saturated carbocycles. The van der Waals surface area contributed by atoms with E-state index in [4.69, 9.17) is 11.5 Å². The summed E-state index contributed by atoms with van der Waals surface area (Å²) in [6.07, 6.45) is 4.95. The Morgan fingerprint density at radius 3 is 2.53 bits per heavy atom. The lowest BCUT2D eigenvalue weighted by molar-refractivity contribution is -0.136. The van der Waals surface area contributed by atoms with Crippen LogP contribution in [0.25, 0.3) is 0 Å². The molecule has 2 amide bonds. The maximum atomic E-state index is 11.9. The zero-order chi connectivity index (χ0) is 14.3. The van der Waals surface area contributed by atoms with Crippen LogP contribution in [0.2, 0.25) is 0 Å². The number of carboxylic acids is 1. The summed E-state index contributed by atoms with van der Waals surface area (Å²) in [7, 11) is 0. The minimum Gasteiger partial charge on any atom is -0.481 e. The van der Waals surface area contributed by atoms with E-state index in [1.54, 1.807) is 12.1 Å². The molecule has 5 heteroatoms. The molecule has 0 heterocycles. The summed E-state index contributed by atoms with van der Waals surface area (Å²) in [5, 5.41) is 11.2. The first kappa shape index (κ1) is 14.6. The molecular formula is C14H16N2O3. The standard InChI is InChI=1S/C14H16N2O3/c1-3-9-15-14(19)16(10-8-13(17)18)12-6-4-11(2)5-7-12/h1,4-7H,8-10H2,2H3,(H,15,19)(H,17,18). The van der Waals surface area contributed by atoms with Gasteiger partial charge >= 0.3 is 12.0 Å². The normalized spacial score (nSPS) is 9.47. The number of hydrogen-bond acceptors (Lipinski definition) is 2. The van der Waals surface area contributed by atoms with E-state index in [2.05, 4.69) is 11.2 Å². The summed E-state index contributed by atoms with van der Waals surface area (Å²) in [5.41, 5.74) is 1.70. The van der Waals surface area contributed by atoms with E-state index < -0.39 is 12.0 Å². The van der Waals surface area contributed by atoms with Crippen molar-refractivity contribution in [1.82, 2.24) is 5.32 Å². The third-order valence-electron chi connectivity index (χ3n) is 2.48. The van der Waals surface area contributed by atoms with E-state index in [1.807, 2.05) is 19.1 Å². The van der Waals surface area contributed by atoms with Crippen molar-refractivity contribution in [2.24, 2.45) is 0 Å². The SMILES string of the molecule is C#CCNC(=O)N(CCC(=O)O)c1ccc(C)cc1. The zero-order valence-corrected chi connectivity index (χ0v) is 10.7. The molecule has 5 nitrogen and oxygen atoms in total. The van der Waals surface area contributed by atoms with Crippen molar-refractivity contribution in [1.29, 1.82) is 0 Å². The van der Waals surface area contributed by atoms with Crippen LogP contribution in [-0.2, 0) is 4.79 Å². The van der Waals surface area contributed by atoms with Crippen LogP contribution < -0.4 is 10.2 Å². The molecule has 1 aromatic carbocycles. The molecule has 0 saturated heterocycles. The number of anilines is 1. The van der Waals surface area contributed by atoms with Gasteiger partial charge in [0.15, 0.2) is 0 Å². The first-order valence-electron chi connectivity index (χ1n) is 5.82. The average molecular weight is 260 g/mol. The van der Waals surface area contributed by atoms with Crippen LogP contribution in [0.1, 0.15) is 12.0 Å². The Morgan fingerprint density at radius 2 is 2.00 bits per heavy atom. The summed E-state index contributed by atoms with van der Waals surface area (Å²) in [5.74, 6) is 1.35. The molecule has 0 radical (unpaired) electrons. The van der Waals surface area contributed by atoms with Crippen molar-refractivity contribution >= 4 is 17.7 Å². The molecule has 1 aromatic rings. The first-order valence-corrected chi connectivity index (χ1v) is 5.82. The Kier molecular flexibility index (Phi) is 5.42. The van der Waals surface area contributed by atoms with Gasteiger partial charge in [0, 0.05) is 12.2 Å². The van der Waals surface area contributed by atoms with Crippen LogP contribution in [0.5, 0.6) is 0 Å². The van der Waals surface area contributed by atoms with Crippen LogP contribution in [0.4, 0.5) is 10.5 Å². The van der Waals surface area contributed by atoms with Gasteiger partial charge in [-0.05, 0) is 19.1 Å². The summed E-state index contributed by atoms with van der Waals surface area (Å²) in [4.78, 5) is 23.9. The second kappa shape index (κ2) is 7.07. The first-order chi connectivity index (χ1) is 9.04. The van der Waals surface area contributed by atoms with Gasteiger partial charge in [-0.15, -0.1) is 6.42 Å². The summed E-state index contributed by atoms with van der Waals surface area (Å²) >= 11 is 0. The lowest BCUT2D eigenvalue weighted by atomic mass is 10.2. The third-order valence-corrected chi connectivity index (χ3v) is 2.48. The van der Waals surface area contributed by atoms with Crippen molar-refractivity contribution in [2.75, 3.05) is 18.0 Å². The number of nitrogens with one attached hydrogen (secondary N) is 1. The molecule has 19 heavy (non-hydrogen) atoms. The molecule has 0 atom stereocenters. The van der Waals surface area contributed by atoms with Gasteiger partial charge in [0.05, 0.1) is 13.0 Å². The smallest absolute Gasteiger partial charge is 0.322 e. The highest BCUT2D eigenvalue weighted by Crippen LogP contribution is 2.15. The Morgan fingerprint density at radius 1 is 1.37 bits per heavy atom. The second-order valence-corrected chi connectivity index (χ2v) is 3.99. The molecule has 0 fully saturated rings. The quantitative estimate of drug-likeness (QED) is 0.790. The molecular weight excluding hydrogens is 244 g/mol. The van der Waals surface area contributed by atoms with Crippen LogP contribution in [-0.4, -0.2) is 30.2 Å². The molecule has 0 aliphatic heterocycles. The van der Waals surface area contributed by atoms with Gasteiger partial charge < -0.3 is 10.4 Å². The number of nitrogens with zero attached hydrogens (tertiary/aromatic N) is 1. The molecule has 1 rings (SSSR count). The molecule has 0 unspecified atom stereocenters. The average Bonchev–Trinajstić information content (AvgIpc) is 2.38. The highest BCUT2D eigenvalue weighted by molar-refractivity contribution is 5.92. The lowest BCUT2D eigenvalue weighted by Crippen LogP contribution is -2.41. The Balaban J connectivity index is 2.85. The predicted molar refractivity (Wildman–Crippen MR) is 73.0 cm³/mol. The van der Waals surface area contributed by atoms with E-state index in [1.165, 1.54) is 4.90 Å². The van der Waals surface area contributed by atoms with Gasteiger partial charge in [-0.2, -0.15) is 0 Å². The van der Waals surface area contributed by atoms with Gasteiger partial charge in [-0.25, -0.2) is 4.79 Å². The Bertz CT molecular complexity index is 488. The highest BCUT2D eigenvalue weighted by atomic mass is 16.4. The predicted octanol–water partition coefficient (Wildman–Crippen LogP) is 1.62. The number of rotatable bonds is 5. The fourth-order valence-corrected chi connectivity index (χ4v) is 1.50. The van der Waals surface area contributed by atoms with Crippen molar-refractivity contribution in [3.05, 3.63) is 29.8 Å². The van der Waals surface area contributed by atoms with Crippen molar-refractivity contribution in [3.8, 4) is 12.3 Å². The fraction of sp³-hybridized carbons (Fsp3) is 0.286. The van der Waals surface area contributed by atoms with E-state index >= 15 is 0 Å². The molecule has 2 N–H and O–H groups in total. The number of benzene rings is 1. The monoisotopic (exact) mass is 260 g/mol. The van der Waals surface area contributed by atoms with Crippen molar-refractivity contribution < 1.29 is 14.7 Å². The molecule has 0 aliphatic rings. The van der Waals surface area contributed by atoms with Gasteiger partial charge in [0.2, 0.25) is 0 Å². The topological polar surface area (TPSA) is 69.6 Å². The van der Waals surface area contributed by atoms with E-state index in [0.29, 0.717) is 5.69 Å². The van der Waals surface area contributed by atoms with Crippen molar-refractivity contribution in [3.63, 3.8) is 0 Å². The number of aliphatic carboxylic acids is 1. The third kappa shape index (κ3) is 4.72. The largest absolute Gasteiger partial charge is 0.481 e. The number of hydrogen-bond donors (Lipinski definition) is 2. The molecule has 0 aliphatic carbocycles. The number of aryl methyl sites for hydroxylation is 1. The maximum absolute atomic E-state index is 11.9. The zero-order valence-electron chi connectivity index (χ0n) is 10.7. The highest BCUT2D eigenvalue weighted by Gasteiger charge is 2.16. The van der Waals surface area contributed by atoms with E-state index in [9.17, 15) is 9.59 Å². The summed E-state index contributed by atoms with van der Waals surface area (Å²) < 4.78 is 0. The Hall–Kier alpha value is -2.48. The van der Waals surface area contributed by atoms with Gasteiger partial charge in [-0.1, -0.05) is 23.6 Å². The van der Waals surface area contributed by atoms with E-state index in [-0.39, 0.29) is 19.5 Å². The maximum Gasteiger partial charge on any atom is 0.322 e. The van der Waals surface area contributed by atoms with Crippen LogP contribution in [0, 0.1) is 19.3 Å². The van der Waals surface area contributed by atoms with Crippen molar-refractivity contribution in [2.45, 2.75) is 13.3 Å². The summed E-state index contributed by atoms with van der Waals surface area (Å²) in [6.45, 7) is 2.13. The summed E-state index contributed by atoms with van der Waals surface area (Å²) in [6, 6.07) is 6.86. The molecule has 0 aromatic heterocycles. The Labute approximate surface area is 112 Å². The van der Waals surface area contributed by atoms with E-state index in [0.717, 1.165) is 5.56 Å². The van der Waals surface area contributed by atoms with Gasteiger partial charge in [0.25, 0.3) is 0 Å². The van der Waals surface area contributed by atoms with Gasteiger partial charge in [0.1, 0.15) is 0 Å². The van der Waals surface area contributed by atoms with Crippen LogP contribution in [0.3, 0.4) is 0 Å². The minimum atomic E-state index is -0.957. The number of urea groups is 1. The number of carbonyl (C=O) groups is 2. The number of carbonyl (C=O) groups excluding carboxylic acids is 1. The molecule has 0 spiro atoms. The minimum absolute atomic E-state index is 0.0921. The number of amides is 2. The van der Waals surface area contributed by atoms with Crippen LogP contribution in [0.15, 0.2) is 24.3 Å². The second-order valence-electron chi connectivity index (χ2n) is 3.99. The van der Waals surface area contributed by atoms with Gasteiger partial charge in [-0.3, -0.25) is 9.69 Å². The molecule has 100 valence electrons. The van der Waals surface area contributed by atoms with Crippen LogP contribution >= 0.6 is 0 Å².